The number of benzene rings is 2. The molecule has 0 radical (unpaired) electrons. The van der Waals surface area contributed by atoms with Gasteiger partial charge in [-0.05, 0) is 36.2 Å². The number of nitrogens with one attached hydrogen (secondary N) is 2. The number of carbonyl (C=O) groups is 2. The van der Waals surface area contributed by atoms with Crippen LogP contribution < -0.4 is 20.1 Å². The zero-order valence-electron chi connectivity index (χ0n) is 14.5. The molecule has 27 heavy (non-hydrogen) atoms. The minimum Gasteiger partial charge on any atom is -0.486 e. The van der Waals surface area contributed by atoms with Gasteiger partial charge in [0.15, 0.2) is 11.5 Å². The maximum Gasteiger partial charge on any atom is 0.228 e. The SMILES string of the molecule is O=C(NCc1ccc(Cl)cc1)C1CC1C(=O)Nc1ccc2c(c1)OCCO2. The first-order valence-corrected chi connectivity index (χ1v) is 9.20. The van der Waals surface area contributed by atoms with Crippen LogP contribution in [-0.2, 0) is 16.1 Å². The summed E-state index contributed by atoms with van der Waals surface area (Å²) in [6.07, 6.45) is 0.558. The van der Waals surface area contributed by atoms with Crippen LogP contribution in [0.4, 0.5) is 5.69 Å². The average Bonchev–Trinajstić information content (AvgIpc) is 3.48. The van der Waals surface area contributed by atoms with E-state index in [0.717, 1.165) is 5.56 Å². The van der Waals surface area contributed by atoms with Crippen LogP contribution >= 0.6 is 11.6 Å². The normalized spacial score (nSPS) is 19.9. The van der Waals surface area contributed by atoms with Crippen molar-refractivity contribution >= 4 is 29.1 Å². The lowest BCUT2D eigenvalue weighted by Crippen LogP contribution is -2.27. The van der Waals surface area contributed by atoms with Crippen LogP contribution in [0.25, 0.3) is 0 Å². The van der Waals surface area contributed by atoms with E-state index >= 15 is 0 Å². The molecule has 1 heterocycles. The van der Waals surface area contributed by atoms with Crippen molar-refractivity contribution in [3.05, 3.63) is 53.1 Å². The van der Waals surface area contributed by atoms with Gasteiger partial charge in [-0.25, -0.2) is 0 Å². The number of carbonyl (C=O) groups excluding carboxylic acids is 2. The van der Waals surface area contributed by atoms with E-state index in [1.807, 2.05) is 12.1 Å². The van der Waals surface area contributed by atoms with E-state index in [1.54, 1.807) is 30.3 Å². The van der Waals surface area contributed by atoms with Gasteiger partial charge in [0.1, 0.15) is 13.2 Å². The number of fused-ring (bicyclic) bond motifs is 1. The summed E-state index contributed by atoms with van der Waals surface area (Å²) >= 11 is 5.85. The van der Waals surface area contributed by atoms with E-state index in [0.29, 0.717) is 48.4 Å². The van der Waals surface area contributed by atoms with Crippen LogP contribution in [0.3, 0.4) is 0 Å². The molecule has 2 aromatic carbocycles. The molecule has 6 nitrogen and oxygen atoms in total. The maximum absolute atomic E-state index is 12.4. The van der Waals surface area contributed by atoms with Crippen molar-refractivity contribution in [3.63, 3.8) is 0 Å². The van der Waals surface area contributed by atoms with Crippen LogP contribution in [0, 0.1) is 11.8 Å². The Hall–Kier alpha value is -2.73. The molecule has 1 fully saturated rings. The summed E-state index contributed by atoms with van der Waals surface area (Å²) in [5, 5.41) is 6.38. The van der Waals surface area contributed by atoms with Crippen molar-refractivity contribution in [2.75, 3.05) is 18.5 Å². The second-order valence-electron chi connectivity index (χ2n) is 6.64. The molecule has 0 aromatic heterocycles. The highest BCUT2D eigenvalue weighted by atomic mass is 35.5. The van der Waals surface area contributed by atoms with Crippen molar-refractivity contribution < 1.29 is 19.1 Å². The van der Waals surface area contributed by atoms with E-state index < -0.39 is 0 Å². The fourth-order valence-corrected chi connectivity index (χ4v) is 3.18. The maximum atomic E-state index is 12.4. The number of rotatable bonds is 5. The monoisotopic (exact) mass is 386 g/mol. The predicted octanol–water partition coefficient (Wildman–Crippen LogP) is 3.00. The first kappa shape index (κ1) is 17.7. The molecule has 4 rings (SSSR count). The first-order valence-electron chi connectivity index (χ1n) is 8.83. The van der Waals surface area contributed by atoms with Crippen LogP contribution in [0.15, 0.2) is 42.5 Å². The number of ether oxygens (including phenoxy) is 2. The van der Waals surface area contributed by atoms with Crippen LogP contribution in [-0.4, -0.2) is 25.0 Å². The molecule has 2 aliphatic rings. The Morgan fingerprint density at radius 1 is 0.963 bits per heavy atom. The Bertz CT molecular complexity index is 869. The molecule has 0 saturated heterocycles. The Morgan fingerprint density at radius 2 is 1.67 bits per heavy atom. The van der Waals surface area contributed by atoms with Gasteiger partial charge in [-0.1, -0.05) is 23.7 Å². The molecule has 140 valence electrons. The third-order valence-electron chi connectivity index (χ3n) is 4.65. The Kier molecular flexibility index (Phi) is 4.90. The highest BCUT2D eigenvalue weighted by Crippen LogP contribution is 2.40. The minimum atomic E-state index is -0.302. The second-order valence-corrected chi connectivity index (χ2v) is 7.08. The zero-order valence-corrected chi connectivity index (χ0v) is 15.3. The van der Waals surface area contributed by atoms with Gasteiger partial charge in [0.2, 0.25) is 11.8 Å². The van der Waals surface area contributed by atoms with E-state index in [-0.39, 0.29) is 23.7 Å². The molecule has 0 bridgehead atoms. The summed E-state index contributed by atoms with van der Waals surface area (Å²) < 4.78 is 11.0. The van der Waals surface area contributed by atoms with Crippen molar-refractivity contribution in [3.8, 4) is 11.5 Å². The Balaban J connectivity index is 1.28. The van der Waals surface area contributed by atoms with Gasteiger partial charge in [-0.15, -0.1) is 0 Å². The molecule has 2 amide bonds. The van der Waals surface area contributed by atoms with Gasteiger partial charge in [0.25, 0.3) is 0 Å². The van der Waals surface area contributed by atoms with Crippen molar-refractivity contribution in [2.45, 2.75) is 13.0 Å². The van der Waals surface area contributed by atoms with E-state index in [9.17, 15) is 9.59 Å². The highest BCUT2D eigenvalue weighted by Gasteiger charge is 2.47. The van der Waals surface area contributed by atoms with Gasteiger partial charge < -0.3 is 20.1 Å². The quantitative estimate of drug-likeness (QED) is 0.828. The third kappa shape index (κ3) is 4.17. The molecule has 1 aliphatic carbocycles. The summed E-state index contributed by atoms with van der Waals surface area (Å²) in [6, 6.07) is 12.6. The fourth-order valence-electron chi connectivity index (χ4n) is 3.05. The summed E-state index contributed by atoms with van der Waals surface area (Å²) in [6.45, 7) is 1.43. The van der Waals surface area contributed by atoms with Crippen molar-refractivity contribution in [1.29, 1.82) is 0 Å². The van der Waals surface area contributed by atoms with Gasteiger partial charge in [-0.3, -0.25) is 9.59 Å². The summed E-state index contributed by atoms with van der Waals surface area (Å²) in [5.74, 6) is 0.445. The molecule has 0 spiro atoms. The van der Waals surface area contributed by atoms with Gasteiger partial charge in [0.05, 0.1) is 11.8 Å². The van der Waals surface area contributed by atoms with E-state index in [2.05, 4.69) is 10.6 Å². The van der Waals surface area contributed by atoms with E-state index in [4.69, 9.17) is 21.1 Å². The van der Waals surface area contributed by atoms with Crippen LogP contribution in [0.5, 0.6) is 11.5 Å². The molecule has 2 N–H and O–H groups in total. The Morgan fingerprint density at radius 3 is 2.44 bits per heavy atom. The first-order chi connectivity index (χ1) is 13.1. The summed E-state index contributed by atoms with van der Waals surface area (Å²) in [4.78, 5) is 24.6. The average molecular weight is 387 g/mol. The predicted molar refractivity (Wildman–Crippen MR) is 101 cm³/mol. The molecular weight excluding hydrogens is 368 g/mol. The lowest BCUT2D eigenvalue weighted by atomic mass is 10.2. The molecular formula is C20H19ClN2O4. The highest BCUT2D eigenvalue weighted by molar-refractivity contribution is 6.30. The molecule has 7 heteroatoms. The number of halogens is 1. The topological polar surface area (TPSA) is 76.7 Å². The lowest BCUT2D eigenvalue weighted by Gasteiger charge is -2.19. The molecule has 2 atom stereocenters. The standard InChI is InChI=1S/C20H19ClN2O4/c21-13-3-1-12(2-4-13)11-22-19(24)15-10-16(15)20(25)23-14-5-6-17-18(9-14)27-8-7-26-17/h1-6,9,15-16H,7-8,10-11H2,(H,22,24)(H,23,25). The van der Waals surface area contributed by atoms with Gasteiger partial charge in [-0.2, -0.15) is 0 Å². The summed E-state index contributed by atoms with van der Waals surface area (Å²) in [5.41, 5.74) is 1.60. The van der Waals surface area contributed by atoms with Crippen molar-refractivity contribution in [1.82, 2.24) is 5.32 Å². The largest absolute Gasteiger partial charge is 0.486 e. The zero-order chi connectivity index (χ0) is 18.8. The minimum absolute atomic E-state index is 0.104. The number of hydrogen-bond donors (Lipinski definition) is 2. The van der Waals surface area contributed by atoms with Crippen LogP contribution in [0.2, 0.25) is 5.02 Å². The molecule has 1 saturated carbocycles. The number of anilines is 1. The van der Waals surface area contributed by atoms with Gasteiger partial charge >= 0.3 is 0 Å². The number of amides is 2. The van der Waals surface area contributed by atoms with E-state index in [1.165, 1.54) is 0 Å². The fraction of sp³-hybridized carbons (Fsp3) is 0.300. The van der Waals surface area contributed by atoms with Gasteiger partial charge in [0, 0.05) is 23.3 Å². The molecule has 2 unspecified atom stereocenters. The molecule has 1 aliphatic heterocycles. The third-order valence-corrected chi connectivity index (χ3v) is 4.91. The summed E-state index contributed by atoms with van der Waals surface area (Å²) in [7, 11) is 0. The van der Waals surface area contributed by atoms with Crippen molar-refractivity contribution in [2.24, 2.45) is 11.8 Å². The number of hydrogen-bond acceptors (Lipinski definition) is 4. The second kappa shape index (κ2) is 7.48. The van der Waals surface area contributed by atoms with Crippen LogP contribution in [0.1, 0.15) is 12.0 Å². The molecule has 2 aromatic rings. The lowest BCUT2D eigenvalue weighted by molar-refractivity contribution is -0.125. The smallest absolute Gasteiger partial charge is 0.228 e. The Labute approximate surface area is 161 Å².